The Labute approximate surface area is 161 Å². The number of rotatable bonds is 1. The summed E-state index contributed by atoms with van der Waals surface area (Å²) < 4.78 is 6.06. The molecule has 0 amide bonds. The summed E-state index contributed by atoms with van der Waals surface area (Å²) in [6.07, 6.45) is 6.40. The second kappa shape index (κ2) is 6.15. The van der Waals surface area contributed by atoms with Crippen LogP contribution in [0.25, 0.3) is 6.08 Å². The first-order valence-corrected chi connectivity index (χ1v) is 10.4. The number of carbonyl (C=O) groups is 1. The molecule has 0 unspecified atom stereocenters. The molecule has 5 rings (SSSR count). The molecule has 3 aliphatic rings. The van der Waals surface area contributed by atoms with E-state index in [1.54, 1.807) is 6.08 Å². The summed E-state index contributed by atoms with van der Waals surface area (Å²) in [5, 5.41) is 0. The lowest BCUT2D eigenvalue weighted by molar-refractivity contribution is -0.117. The fraction of sp³-hybridized carbons (Fsp3) is 0.227. The molecule has 130 valence electrons. The fourth-order valence-electron chi connectivity index (χ4n) is 3.86. The molecule has 0 radical (unpaired) electrons. The summed E-state index contributed by atoms with van der Waals surface area (Å²) >= 11 is 3.66. The third-order valence-electron chi connectivity index (χ3n) is 5.33. The summed E-state index contributed by atoms with van der Waals surface area (Å²) in [6.45, 7) is 2.68. The number of fused-ring (bicyclic) bond motifs is 3. The van der Waals surface area contributed by atoms with Crippen molar-refractivity contribution in [3.63, 3.8) is 0 Å². The SMILES string of the molecule is C[C@@]12C=CC(=O)C[C@@H]1/C(=C\c1cccc3c1Sc1ccccc1S3)CO2. The molecule has 4 heteroatoms. The molecule has 2 aliphatic heterocycles. The molecule has 26 heavy (non-hydrogen) atoms. The Bertz CT molecular complexity index is 976. The van der Waals surface area contributed by atoms with Crippen LogP contribution in [-0.4, -0.2) is 18.0 Å². The van der Waals surface area contributed by atoms with Gasteiger partial charge in [0.25, 0.3) is 0 Å². The van der Waals surface area contributed by atoms with E-state index in [0.29, 0.717) is 13.0 Å². The van der Waals surface area contributed by atoms with Gasteiger partial charge in [-0.2, -0.15) is 0 Å². The van der Waals surface area contributed by atoms with E-state index in [2.05, 4.69) is 55.5 Å². The van der Waals surface area contributed by atoms with Crippen molar-refractivity contribution in [1.82, 2.24) is 0 Å². The van der Waals surface area contributed by atoms with Gasteiger partial charge >= 0.3 is 0 Å². The molecule has 0 bridgehead atoms. The van der Waals surface area contributed by atoms with E-state index in [9.17, 15) is 4.79 Å². The van der Waals surface area contributed by atoms with Crippen LogP contribution in [-0.2, 0) is 9.53 Å². The zero-order valence-electron chi connectivity index (χ0n) is 14.4. The van der Waals surface area contributed by atoms with Gasteiger partial charge in [-0.1, -0.05) is 53.9 Å². The first-order valence-electron chi connectivity index (χ1n) is 8.77. The van der Waals surface area contributed by atoms with E-state index in [-0.39, 0.29) is 17.3 Å². The molecule has 2 aromatic carbocycles. The highest BCUT2D eigenvalue weighted by atomic mass is 32.2. The maximum Gasteiger partial charge on any atom is 0.156 e. The fourth-order valence-corrected chi connectivity index (χ4v) is 6.22. The molecule has 0 saturated carbocycles. The summed E-state index contributed by atoms with van der Waals surface area (Å²) in [6, 6.07) is 15.0. The number of benzene rings is 2. The first kappa shape index (κ1) is 16.4. The van der Waals surface area contributed by atoms with Crippen molar-refractivity contribution < 1.29 is 9.53 Å². The summed E-state index contributed by atoms with van der Waals surface area (Å²) in [5.74, 6) is 0.335. The van der Waals surface area contributed by atoms with Gasteiger partial charge in [-0.3, -0.25) is 4.79 Å². The average Bonchev–Trinajstić information content (AvgIpc) is 2.97. The predicted molar refractivity (Wildman–Crippen MR) is 106 cm³/mol. The van der Waals surface area contributed by atoms with Gasteiger partial charge in [-0.15, -0.1) is 0 Å². The van der Waals surface area contributed by atoms with Crippen molar-refractivity contribution >= 4 is 35.4 Å². The van der Waals surface area contributed by atoms with E-state index in [1.807, 2.05) is 29.6 Å². The van der Waals surface area contributed by atoms with Crippen molar-refractivity contribution in [1.29, 1.82) is 0 Å². The van der Waals surface area contributed by atoms with Gasteiger partial charge in [0.15, 0.2) is 5.78 Å². The lowest BCUT2D eigenvalue weighted by Crippen LogP contribution is -2.34. The van der Waals surface area contributed by atoms with Gasteiger partial charge in [0.05, 0.1) is 12.2 Å². The van der Waals surface area contributed by atoms with E-state index in [4.69, 9.17) is 4.74 Å². The monoisotopic (exact) mass is 378 g/mol. The van der Waals surface area contributed by atoms with Crippen LogP contribution >= 0.6 is 23.5 Å². The van der Waals surface area contributed by atoms with Gasteiger partial charge in [0, 0.05) is 31.9 Å². The Morgan fingerprint density at radius 3 is 2.69 bits per heavy atom. The van der Waals surface area contributed by atoms with Gasteiger partial charge in [0.2, 0.25) is 0 Å². The molecular weight excluding hydrogens is 360 g/mol. The largest absolute Gasteiger partial charge is 0.366 e. The minimum atomic E-state index is -0.344. The van der Waals surface area contributed by atoms with E-state index in [1.165, 1.54) is 30.7 Å². The molecule has 0 aromatic heterocycles. The van der Waals surface area contributed by atoms with Crippen LogP contribution in [0.3, 0.4) is 0 Å². The van der Waals surface area contributed by atoms with Gasteiger partial charge in [-0.25, -0.2) is 0 Å². The minimum absolute atomic E-state index is 0.143. The van der Waals surface area contributed by atoms with Crippen molar-refractivity contribution in [3.05, 3.63) is 65.8 Å². The molecule has 1 aliphatic carbocycles. The van der Waals surface area contributed by atoms with Crippen LogP contribution < -0.4 is 0 Å². The topological polar surface area (TPSA) is 26.3 Å². The molecule has 1 saturated heterocycles. The van der Waals surface area contributed by atoms with Crippen molar-refractivity contribution in [2.45, 2.75) is 38.5 Å². The highest BCUT2D eigenvalue weighted by Crippen LogP contribution is 2.50. The normalized spacial score (nSPS) is 28.0. The Balaban J connectivity index is 1.54. The van der Waals surface area contributed by atoms with Crippen LogP contribution in [0.4, 0.5) is 0 Å². The van der Waals surface area contributed by atoms with E-state index in [0.717, 1.165) is 0 Å². The van der Waals surface area contributed by atoms with Crippen molar-refractivity contribution in [2.24, 2.45) is 5.92 Å². The second-order valence-corrected chi connectivity index (χ2v) is 9.21. The third kappa shape index (κ3) is 2.68. The molecule has 0 spiro atoms. The zero-order chi connectivity index (χ0) is 17.7. The predicted octanol–water partition coefficient (Wildman–Crippen LogP) is 5.62. The van der Waals surface area contributed by atoms with Gasteiger partial charge < -0.3 is 4.74 Å². The number of ketones is 1. The van der Waals surface area contributed by atoms with Crippen LogP contribution in [0.5, 0.6) is 0 Å². The molecular formula is C22H18O2S2. The lowest BCUT2D eigenvalue weighted by Gasteiger charge is -2.29. The van der Waals surface area contributed by atoms with Gasteiger partial charge in [0.1, 0.15) is 0 Å². The first-order chi connectivity index (χ1) is 12.6. The highest BCUT2D eigenvalue weighted by molar-refractivity contribution is 8.05. The minimum Gasteiger partial charge on any atom is -0.366 e. The Hall–Kier alpha value is -1.75. The maximum atomic E-state index is 11.9. The van der Waals surface area contributed by atoms with Crippen LogP contribution in [0, 0.1) is 5.92 Å². The Morgan fingerprint density at radius 2 is 1.85 bits per heavy atom. The molecule has 0 N–H and O–H groups in total. The lowest BCUT2D eigenvalue weighted by atomic mass is 9.78. The summed E-state index contributed by atoms with van der Waals surface area (Å²) in [4.78, 5) is 17.2. The molecule has 2 atom stereocenters. The van der Waals surface area contributed by atoms with Crippen LogP contribution in [0.15, 0.2) is 79.8 Å². The Kier molecular flexibility index (Phi) is 3.89. The van der Waals surface area contributed by atoms with Crippen LogP contribution in [0.2, 0.25) is 0 Å². The number of hydrogen-bond acceptors (Lipinski definition) is 4. The van der Waals surface area contributed by atoms with Crippen molar-refractivity contribution in [2.75, 3.05) is 6.61 Å². The third-order valence-corrected chi connectivity index (χ3v) is 7.96. The number of hydrogen-bond donors (Lipinski definition) is 0. The second-order valence-electron chi connectivity index (χ2n) is 7.07. The van der Waals surface area contributed by atoms with Gasteiger partial charge in [-0.05, 0) is 48.4 Å². The quantitative estimate of drug-likeness (QED) is 0.549. The number of allylic oxidation sites excluding steroid dienone is 1. The maximum absolute atomic E-state index is 11.9. The molecule has 2 heterocycles. The van der Waals surface area contributed by atoms with E-state index >= 15 is 0 Å². The number of ether oxygens (including phenoxy) is 1. The molecule has 2 aromatic rings. The van der Waals surface area contributed by atoms with E-state index < -0.39 is 0 Å². The number of carbonyl (C=O) groups excluding carboxylic acids is 1. The van der Waals surface area contributed by atoms with Crippen molar-refractivity contribution in [3.8, 4) is 0 Å². The summed E-state index contributed by atoms with van der Waals surface area (Å²) in [7, 11) is 0. The molecule has 1 fully saturated rings. The van der Waals surface area contributed by atoms with Crippen LogP contribution in [0.1, 0.15) is 18.9 Å². The standard InChI is InChI=1S/C22H18O2S2/c1-22-10-9-16(23)12-17(22)15(13-24-22)11-14-5-4-8-20-21(14)26-19-7-3-2-6-18(19)25-20/h2-11,17H,12-13H2,1H3/b15-11-/t17-,22-/m1/s1. The smallest absolute Gasteiger partial charge is 0.156 e. The Morgan fingerprint density at radius 1 is 1.08 bits per heavy atom. The highest BCUT2D eigenvalue weighted by Gasteiger charge is 2.44. The average molecular weight is 379 g/mol. The molecule has 2 nitrogen and oxygen atoms in total. The summed E-state index contributed by atoms with van der Waals surface area (Å²) in [5.41, 5.74) is 2.10. The zero-order valence-corrected chi connectivity index (χ0v) is 16.0.